The number of hydrogen-bond acceptors (Lipinski definition) is 5. The lowest BCUT2D eigenvalue weighted by molar-refractivity contribution is 0.141. The van der Waals surface area contributed by atoms with E-state index in [9.17, 15) is 18.7 Å². The summed E-state index contributed by atoms with van der Waals surface area (Å²) >= 11 is 0. The third-order valence-corrected chi connectivity index (χ3v) is 6.52. The van der Waals surface area contributed by atoms with E-state index in [2.05, 4.69) is 15.4 Å². The molecule has 3 aromatic rings. The summed E-state index contributed by atoms with van der Waals surface area (Å²) in [7, 11) is 23.7. The molecule has 8 nitrogen and oxygen atoms in total. The van der Waals surface area contributed by atoms with Crippen molar-refractivity contribution < 1.29 is 18.7 Å². The van der Waals surface area contributed by atoms with Crippen LogP contribution in [0, 0.1) is 11.6 Å². The smallest absolute Gasteiger partial charge is 0.320 e. The number of hydrogen-bond donors (Lipinski definition) is 2. The minimum absolute atomic E-state index is 0.206. The third-order valence-electron chi connectivity index (χ3n) is 6.52. The topological polar surface area (TPSA) is 86.0 Å². The highest BCUT2D eigenvalue weighted by Crippen LogP contribution is 2.38. The number of aliphatic hydroxyl groups excluding tert-OH is 1. The van der Waals surface area contributed by atoms with Crippen LogP contribution in [0.5, 0.6) is 0 Å². The Hall–Kier alpha value is -3.01. The van der Waals surface area contributed by atoms with E-state index in [1.165, 1.54) is 16.8 Å². The Labute approximate surface area is 205 Å². The number of aromatic nitrogens is 3. The van der Waals surface area contributed by atoms with E-state index in [1.807, 2.05) is 4.90 Å². The van der Waals surface area contributed by atoms with Gasteiger partial charge in [-0.3, -0.25) is 0 Å². The van der Waals surface area contributed by atoms with Crippen LogP contribution in [-0.4, -0.2) is 85.3 Å². The van der Waals surface area contributed by atoms with Crippen LogP contribution in [0.1, 0.15) is 30.9 Å². The van der Waals surface area contributed by atoms with Gasteiger partial charge in [0.2, 0.25) is 0 Å². The molecule has 8 radical (unpaired) electrons. The van der Waals surface area contributed by atoms with E-state index >= 15 is 0 Å². The summed E-state index contributed by atoms with van der Waals surface area (Å²) in [5.41, 5.74) is 0.737. The number of nitrogens with one attached hydrogen (secondary N) is 1. The number of amides is 2. The maximum atomic E-state index is 14.5. The van der Waals surface area contributed by atoms with Crippen molar-refractivity contribution in [2.75, 3.05) is 16.8 Å². The fraction of sp³-hybridized carbons (Fsp3) is 0.381. The molecule has 0 aliphatic carbocycles. The van der Waals surface area contributed by atoms with Gasteiger partial charge in [0.25, 0.3) is 0 Å². The Morgan fingerprint density at radius 2 is 1.97 bits per heavy atom. The van der Waals surface area contributed by atoms with Gasteiger partial charge in [0, 0.05) is 18.3 Å². The summed E-state index contributed by atoms with van der Waals surface area (Å²) in [6.45, 7) is 0.580. The zero-order valence-electron chi connectivity index (χ0n) is 18.6. The summed E-state index contributed by atoms with van der Waals surface area (Å²) in [5.74, 6) is -0.514. The number of carbonyl (C=O) groups is 1. The number of carbonyl (C=O) groups excluding carboxylic acids is 1. The summed E-state index contributed by atoms with van der Waals surface area (Å²) < 4.78 is 29.7. The molecule has 2 aliphatic rings. The first kappa shape index (κ1) is 23.7. The van der Waals surface area contributed by atoms with E-state index in [-0.39, 0.29) is 23.3 Å². The molecule has 5 rings (SSSR count). The fourth-order valence-electron chi connectivity index (χ4n) is 4.85. The van der Waals surface area contributed by atoms with Gasteiger partial charge in [-0.2, -0.15) is 5.10 Å². The van der Waals surface area contributed by atoms with Gasteiger partial charge in [0.05, 0.1) is 49.7 Å². The molecule has 2 aliphatic heterocycles. The van der Waals surface area contributed by atoms with E-state index in [4.69, 9.17) is 31.4 Å². The number of rotatable bonds is 3. The van der Waals surface area contributed by atoms with Crippen LogP contribution in [0.3, 0.4) is 0 Å². The molecular formula is C21H18B4F2N6O2. The number of nitrogens with zero attached hydrogens (tertiary/aromatic N) is 5. The van der Waals surface area contributed by atoms with Gasteiger partial charge in [-0.15, -0.1) is 0 Å². The third kappa shape index (κ3) is 3.97. The van der Waals surface area contributed by atoms with Gasteiger partial charge in [-0.1, -0.05) is 0 Å². The first-order valence-electron chi connectivity index (χ1n) is 11.0. The zero-order chi connectivity index (χ0) is 25.1. The summed E-state index contributed by atoms with van der Waals surface area (Å²) in [4.78, 5) is 20.3. The molecule has 2 fully saturated rings. The molecule has 1 aromatic carbocycles. The quantitative estimate of drug-likeness (QED) is 0.560. The monoisotopic (exact) mass is 468 g/mol. The number of urea groups is 1. The van der Waals surface area contributed by atoms with Crippen LogP contribution in [0.4, 0.5) is 25.1 Å². The molecule has 0 bridgehead atoms. The fourth-order valence-corrected chi connectivity index (χ4v) is 4.85. The molecule has 2 amide bonds. The lowest BCUT2D eigenvalue weighted by atomic mass is 9.58. The number of benzene rings is 1. The minimum Gasteiger partial charge on any atom is -0.392 e. The van der Waals surface area contributed by atoms with Crippen molar-refractivity contribution in [3.8, 4) is 0 Å². The Balaban J connectivity index is 1.46. The Kier molecular flexibility index (Phi) is 5.62. The highest BCUT2D eigenvalue weighted by atomic mass is 19.1. The van der Waals surface area contributed by atoms with Crippen LogP contribution < -0.4 is 10.2 Å². The van der Waals surface area contributed by atoms with E-state index in [0.29, 0.717) is 18.8 Å². The number of fused-ring (bicyclic) bond motifs is 1. The van der Waals surface area contributed by atoms with Crippen LogP contribution in [0.25, 0.3) is 5.65 Å². The second-order valence-corrected chi connectivity index (χ2v) is 8.99. The van der Waals surface area contributed by atoms with Gasteiger partial charge in [-0.25, -0.2) is 23.1 Å². The summed E-state index contributed by atoms with van der Waals surface area (Å²) in [6.07, 6.45) is 2.82. The lowest BCUT2D eigenvalue weighted by Gasteiger charge is -2.42. The summed E-state index contributed by atoms with van der Waals surface area (Å²) in [5, 5.41) is 13.1. The average Bonchev–Trinajstić information content (AvgIpc) is 3.45. The second-order valence-electron chi connectivity index (χ2n) is 8.99. The first-order valence-corrected chi connectivity index (χ1v) is 11.0. The predicted molar refractivity (Wildman–Crippen MR) is 129 cm³/mol. The average molecular weight is 468 g/mol. The van der Waals surface area contributed by atoms with Gasteiger partial charge in [-0.05, 0) is 54.2 Å². The maximum absolute atomic E-state index is 14.5. The van der Waals surface area contributed by atoms with Gasteiger partial charge in [0.1, 0.15) is 23.1 Å². The van der Waals surface area contributed by atoms with Crippen molar-refractivity contribution in [3.63, 3.8) is 0 Å². The van der Waals surface area contributed by atoms with Crippen LogP contribution in [0.2, 0.25) is 0 Å². The standard InChI is InChI=1S/C21H18B4F2N6O2/c22-20(23)9-16(34)21(24,25)33(20)19(35)29-14-10-28-32-7-5-17(30-18(14)32)31-6-1-2-15(31)12-8-11(26)3-4-13(12)27/h3-5,7-8,10,15-16,34H,1-2,6,9H2,(H,29,35)/t15-,16+/m1/s1. The Bertz CT molecular complexity index is 1310. The maximum Gasteiger partial charge on any atom is 0.320 e. The number of halogens is 2. The molecule has 170 valence electrons. The molecule has 2 saturated heterocycles. The molecule has 0 spiro atoms. The van der Waals surface area contributed by atoms with E-state index in [1.54, 1.807) is 12.3 Å². The molecule has 2 N–H and O–H groups in total. The molecule has 0 unspecified atom stereocenters. The molecule has 2 aromatic heterocycles. The number of likely N-dealkylation sites (tertiary alicyclic amines) is 1. The normalized spacial score (nSPS) is 23.2. The number of aliphatic hydroxyl groups is 1. The Morgan fingerprint density at radius 3 is 2.69 bits per heavy atom. The van der Waals surface area contributed by atoms with E-state index < -0.39 is 40.5 Å². The van der Waals surface area contributed by atoms with Gasteiger partial charge in [0.15, 0.2) is 5.65 Å². The number of anilines is 2. The van der Waals surface area contributed by atoms with Gasteiger partial charge >= 0.3 is 6.03 Å². The van der Waals surface area contributed by atoms with Crippen molar-refractivity contribution in [1.29, 1.82) is 0 Å². The second kappa shape index (κ2) is 8.29. The predicted octanol–water partition coefficient (Wildman–Crippen LogP) is 0.929. The Morgan fingerprint density at radius 1 is 1.20 bits per heavy atom. The first-order chi connectivity index (χ1) is 16.5. The molecule has 4 heterocycles. The molecule has 2 atom stereocenters. The molecule has 0 saturated carbocycles. The van der Waals surface area contributed by atoms with Crippen molar-refractivity contribution >= 4 is 54.6 Å². The lowest BCUT2D eigenvalue weighted by Crippen LogP contribution is -2.61. The van der Waals surface area contributed by atoms with Crippen LogP contribution in [0.15, 0.2) is 36.7 Å². The molecular weight excluding hydrogens is 450 g/mol. The zero-order valence-corrected chi connectivity index (χ0v) is 18.6. The minimum atomic E-state index is -1.99. The van der Waals surface area contributed by atoms with Crippen molar-refractivity contribution in [1.82, 2.24) is 19.5 Å². The highest BCUT2D eigenvalue weighted by molar-refractivity contribution is 6.47. The SMILES string of the molecule is [B]C1([B])C[C@H](O)C([B])([B])N1C(=O)Nc1cnn2ccc(N3CCC[C@@H]3c3cc(F)ccc3F)nc12. The van der Waals surface area contributed by atoms with Crippen molar-refractivity contribution in [2.24, 2.45) is 0 Å². The van der Waals surface area contributed by atoms with Crippen LogP contribution >= 0.6 is 0 Å². The molecule has 14 heteroatoms. The largest absolute Gasteiger partial charge is 0.392 e. The van der Waals surface area contributed by atoms with Crippen molar-refractivity contribution in [2.45, 2.75) is 42.1 Å². The van der Waals surface area contributed by atoms with Gasteiger partial charge < -0.3 is 20.2 Å². The van der Waals surface area contributed by atoms with E-state index in [0.717, 1.165) is 23.5 Å². The molecule has 35 heavy (non-hydrogen) atoms. The highest BCUT2D eigenvalue weighted by Gasteiger charge is 2.51. The van der Waals surface area contributed by atoms with Crippen LogP contribution in [-0.2, 0) is 0 Å². The summed E-state index contributed by atoms with van der Waals surface area (Å²) in [6, 6.07) is 3.84. The van der Waals surface area contributed by atoms with Crippen molar-refractivity contribution in [3.05, 3.63) is 53.9 Å².